The van der Waals surface area contributed by atoms with Crippen LogP contribution in [0.15, 0.2) is 18.3 Å². The molecule has 2 rings (SSSR count). The van der Waals surface area contributed by atoms with Crippen molar-refractivity contribution in [3.05, 3.63) is 29.2 Å². The number of aromatic nitrogens is 4. The number of pyridine rings is 1. The quantitative estimate of drug-likeness (QED) is 0.840. The summed E-state index contributed by atoms with van der Waals surface area (Å²) in [5, 5.41) is 3.14. The summed E-state index contributed by atoms with van der Waals surface area (Å²) in [6, 6.07) is 3.90. The molecule has 0 fully saturated rings. The van der Waals surface area contributed by atoms with Gasteiger partial charge in [0.25, 0.3) is 0 Å². The van der Waals surface area contributed by atoms with E-state index in [9.17, 15) is 0 Å². The fourth-order valence-electron chi connectivity index (χ4n) is 1.49. The van der Waals surface area contributed by atoms with Crippen LogP contribution in [0.4, 0.5) is 5.95 Å². The van der Waals surface area contributed by atoms with Gasteiger partial charge in [-0.15, -0.1) is 0 Å². The first-order valence-corrected chi connectivity index (χ1v) is 6.86. The monoisotopic (exact) mass is 309 g/mol. The van der Waals surface area contributed by atoms with Crippen molar-refractivity contribution in [3.63, 3.8) is 0 Å². The lowest BCUT2D eigenvalue weighted by Crippen LogP contribution is -2.08. The Hall–Kier alpha value is -2.15. The van der Waals surface area contributed by atoms with Crippen LogP contribution in [0.2, 0.25) is 5.28 Å². The minimum absolute atomic E-state index is 0.0893. The van der Waals surface area contributed by atoms with E-state index < -0.39 is 0 Å². The molecule has 21 heavy (non-hydrogen) atoms. The molecule has 0 saturated heterocycles. The van der Waals surface area contributed by atoms with Gasteiger partial charge in [0, 0.05) is 18.8 Å². The second kappa shape index (κ2) is 7.58. The maximum atomic E-state index is 5.84. The van der Waals surface area contributed by atoms with E-state index in [-0.39, 0.29) is 11.3 Å². The Bertz CT molecular complexity index is 579. The summed E-state index contributed by atoms with van der Waals surface area (Å²) < 4.78 is 10.3. The van der Waals surface area contributed by atoms with E-state index in [1.165, 1.54) is 0 Å². The first-order valence-electron chi connectivity index (χ1n) is 6.48. The molecule has 7 nitrogen and oxygen atoms in total. The molecule has 1 N–H and O–H groups in total. The number of halogens is 1. The van der Waals surface area contributed by atoms with E-state index >= 15 is 0 Å². The van der Waals surface area contributed by atoms with Crippen LogP contribution in [0, 0.1) is 0 Å². The van der Waals surface area contributed by atoms with E-state index in [0.717, 1.165) is 12.0 Å². The molecule has 0 aliphatic rings. The maximum absolute atomic E-state index is 5.84. The predicted molar refractivity (Wildman–Crippen MR) is 78.7 cm³/mol. The van der Waals surface area contributed by atoms with E-state index in [2.05, 4.69) is 25.3 Å². The van der Waals surface area contributed by atoms with Gasteiger partial charge >= 0.3 is 6.01 Å². The number of ether oxygens (including phenoxy) is 2. The third kappa shape index (κ3) is 4.71. The number of nitrogens with zero attached hydrogens (tertiary/aromatic N) is 4. The van der Waals surface area contributed by atoms with Gasteiger partial charge in [0.2, 0.25) is 17.1 Å². The fourth-order valence-corrected chi connectivity index (χ4v) is 1.64. The van der Waals surface area contributed by atoms with Crippen molar-refractivity contribution >= 4 is 17.5 Å². The van der Waals surface area contributed by atoms with E-state index in [1.807, 2.05) is 13.0 Å². The van der Waals surface area contributed by atoms with Gasteiger partial charge in [0.1, 0.15) is 0 Å². The molecule has 0 spiro atoms. The Labute approximate surface area is 127 Å². The van der Waals surface area contributed by atoms with Crippen molar-refractivity contribution < 1.29 is 9.47 Å². The van der Waals surface area contributed by atoms with Crippen LogP contribution in [0.25, 0.3) is 0 Å². The molecule has 0 amide bonds. The summed E-state index contributed by atoms with van der Waals surface area (Å²) in [6.45, 7) is 3.03. The van der Waals surface area contributed by atoms with Crippen molar-refractivity contribution in [2.75, 3.05) is 19.0 Å². The molecule has 0 saturated carbocycles. The lowest BCUT2D eigenvalue weighted by atomic mass is 10.3. The fraction of sp³-hybridized carbons (Fsp3) is 0.385. The molecule has 0 atom stereocenters. The first-order chi connectivity index (χ1) is 10.2. The average Bonchev–Trinajstić information content (AvgIpc) is 2.51. The van der Waals surface area contributed by atoms with Crippen LogP contribution < -0.4 is 14.8 Å². The van der Waals surface area contributed by atoms with Gasteiger partial charge in [-0.1, -0.05) is 13.0 Å². The summed E-state index contributed by atoms with van der Waals surface area (Å²) >= 11 is 5.84. The third-order valence-corrected chi connectivity index (χ3v) is 2.65. The second-order valence-electron chi connectivity index (χ2n) is 4.12. The van der Waals surface area contributed by atoms with Crippen molar-refractivity contribution in [1.82, 2.24) is 19.9 Å². The highest BCUT2D eigenvalue weighted by Crippen LogP contribution is 2.13. The number of hydrogen-bond acceptors (Lipinski definition) is 7. The number of anilines is 1. The molecular weight excluding hydrogens is 294 g/mol. The third-order valence-electron chi connectivity index (χ3n) is 2.48. The Morgan fingerprint density at radius 1 is 1.24 bits per heavy atom. The predicted octanol–water partition coefficient (Wildman–Crippen LogP) is 2.33. The minimum Gasteiger partial charge on any atom is -0.481 e. The second-order valence-corrected chi connectivity index (χ2v) is 4.46. The smallest absolute Gasteiger partial charge is 0.322 e. The number of methoxy groups -OCH3 is 1. The van der Waals surface area contributed by atoms with Crippen LogP contribution >= 0.6 is 11.6 Å². The number of rotatable bonds is 7. The Balaban J connectivity index is 1.99. The van der Waals surface area contributed by atoms with Gasteiger partial charge in [-0.2, -0.15) is 15.0 Å². The largest absolute Gasteiger partial charge is 0.481 e. The zero-order valence-electron chi connectivity index (χ0n) is 11.8. The first kappa shape index (κ1) is 15.2. The number of hydrogen-bond donors (Lipinski definition) is 1. The molecule has 0 unspecified atom stereocenters. The SMILES string of the molecule is CCCOc1nc(Cl)nc(NCc2ccc(OC)nc2)n1. The highest BCUT2D eigenvalue weighted by atomic mass is 35.5. The molecule has 0 bridgehead atoms. The highest BCUT2D eigenvalue weighted by molar-refractivity contribution is 6.28. The minimum atomic E-state index is 0.0893. The standard InChI is InChI=1S/C13H16ClN5O2/c1-3-6-21-13-18-11(14)17-12(19-13)16-8-9-4-5-10(20-2)15-7-9/h4-5,7H,3,6,8H2,1-2H3,(H,16,17,18,19). The normalized spacial score (nSPS) is 10.2. The van der Waals surface area contributed by atoms with Gasteiger partial charge in [-0.3, -0.25) is 0 Å². The van der Waals surface area contributed by atoms with Crippen LogP contribution in [0.1, 0.15) is 18.9 Å². The molecule has 0 radical (unpaired) electrons. The summed E-state index contributed by atoms with van der Waals surface area (Å²) in [7, 11) is 1.57. The van der Waals surface area contributed by atoms with Gasteiger partial charge in [0.15, 0.2) is 0 Å². The highest BCUT2D eigenvalue weighted by Gasteiger charge is 2.06. The van der Waals surface area contributed by atoms with Crippen molar-refractivity contribution in [1.29, 1.82) is 0 Å². The van der Waals surface area contributed by atoms with Crippen molar-refractivity contribution in [2.24, 2.45) is 0 Å². The topological polar surface area (TPSA) is 82.1 Å². The van der Waals surface area contributed by atoms with Crippen LogP contribution in [-0.4, -0.2) is 33.7 Å². The molecule has 2 aromatic rings. The summed E-state index contributed by atoms with van der Waals surface area (Å²) in [6.07, 6.45) is 2.58. The Kier molecular flexibility index (Phi) is 5.51. The van der Waals surface area contributed by atoms with Crippen LogP contribution in [-0.2, 0) is 6.54 Å². The average molecular weight is 310 g/mol. The van der Waals surface area contributed by atoms with Crippen LogP contribution in [0.5, 0.6) is 11.9 Å². The Morgan fingerprint density at radius 2 is 2.10 bits per heavy atom. The summed E-state index contributed by atoms with van der Waals surface area (Å²) in [4.78, 5) is 16.2. The molecular formula is C13H16ClN5O2. The number of nitrogens with one attached hydrogen (secondary N) is 1. The molecule has 0 aliphatic heterocycles. The lowest BCUT2D eigenvalue weighted by Gasteiger charge is -2.07. The molecule has 0 aliphatic carbocycles. The Morgan fingerprint density at radius 3 is 2.76 bits per heavy atom. The van der Waals surface area contributed by atoms with Gasteiger partial charge in [-0.25, -0.2) is 4.98 Å². The van der Waals surface area contributed by atoms with Crippen LogP contribution in [0.3, 0.4) is 0 Å². The molecule has 8 heteroatoms. The zero-order valence-corrected chi connectivity index (χ0v) is 12.6. The molecule has 2 heterocycles. The maximum Gasteiger partial charge on any atom is 0.322 e. The van der Waals surface area contributed by atoms with Gasteiger partial charge in [-0.05, 0) is 23.6 Å². The zero-order chi connectivity index (χ0) is 15.1. The van der Waals surface area contributed by atoms with Crippen molar-refractivity contribution in [2.45, 2.75) is 19.9 Å². The van der Waals surface area contributed by atoms with Crippen molar-refractivity contribution in [3.8, 4) is 11.9 Å². The summed E-state index contributed by atoms with van der Waals surface area (Å²) in [5.41, 5.74) is 0.961. The van der Waals surface area contributed by atoms with E-state index in [4.69, 9.17) is 21.1 Å². The van der Waals surface area contributed by atoms with Gasteiger partial charge < -0.3 is 14.8 Å². The summed E-state index contributed by atoms with van der Waals surface area (Å²) in [5.74, 6) is 0.925. The lowest BCUT2D eigenvalue weighted by molar-refractivity contribution is 0.291. The van der Waals surface area contributed by atoms with E-state index in [0.29, 0.717) is 25.0 Å². The molecule has 0 aromatic carbocycles. The van der Waals surface area contributed by atoms with E-state index in [1.54, 1.807) is 19.4 Å². The van der Waals surface area contributed by atoms with Gasteiger partial charge in [0.05, 0.1) is 13.7 Å². The molecule has 112 valence electrons. The molecule has 2 aromatic heterocycles.